The molecule has 4 rings (SSSR count). The first kappa shape index (κ1) is 18.4. The molecule has 0 aliphatic heterocycles. The summed E-state index contributed by atoms with van der Waals surface area (Å²) in [6.07, 6.45) is 2.81. The van der Waals surface area contributed by atoms with Crippen LogP contribution in [0.3, 0.4) is 0 Å². The van der Waals surface area contributed by atoms with Crippen molar-refractivity contribution < 1.29 is 14.1 Å². The van der Waals surface area contributed by atoms with Crippen LogP contribution in [-0.4, -0.2) is 33.7 Å². The lowest BCUT2D eigenvalue weighted by molar-refractivity contribution is 0.0902. The maximum atomic E-state index is 12.5. The van der Waals surface area contributed by atoms with E-state index < -0.39 is 6.04 Å². The van der Waals surface area contributed by atoms with Crippen molar-refractivity contribution in [2.75, 3.05) is 6.54 Å². The van der Waals surface area contributed by atoms with Gasteiger partial charge in [-0.05, 0) is 29.3 Å². The summed E-state index contributed by atoms with van der Waals surface area (Å²) in [5.74, 6) is -0.650. The number of H-pyrrole nitrogens is 1. The van der Waals surface area contributed by atoms with Crippen LogP contribution < -0.4 is 10.6 Å². The van der Waals surface area contributed by atoms with Crippen molar-refractivity contribution in [2.45, 2.75) is 13.0 Å². The molecule has 146 valence electrons. The van der Waals surface area contributed by atoms with Crippen LogP contribution in [0.2, 0.25) is 0 Å². The number of aromatic amines is 1. The average molecular weight is 389 g/mol. The number of fused-ring (bicyclic) bond motifs is 1. The molecule has 2 aromatic heterocycles. The molecule has 3 N–H and O–H groups in total. The van der Waals surface area contributed by atoms with E-state index in [0.717, 1.165) is 16.3 Å². The molecule has 2 amide bonds. The Labute approximate surface area is 166 Å². The van der Waals surface area contributed by atoms with Gasteiger partial charge < -0.3 is 15.2 Å². The summed E-state index contributed by atoms with van der Waals surface area (Å²) in [7, 11) is 0. The fourth-order valence-corrected chi connectivity index (χ4v) is 3.11. The van der Waals surface area contributed by atoms with Gasteiger partial charge in [-0.25, -0.2) is 0 Å². The van der Waals surface area contributed by atoms with E-state index >= 15 is 0 Å². The maximum Gasteiger partial charge on any atom is 0.274 e. The normalized spacial score (nSPS) is 11.9. The highest BCUT2D eigenvalue weighted by molar-refractivity contribution is 5.95. The monoisotopic (exact) mass is 389 g/mol. The number of benzene rings is 2. The number of carbonyl (C=O) groups excluding carboxylic acids is 2. The summed E-state index contributed by atoms with van der Waals surface area (Å²) in [6.45, 7) is 1.97. The molecule has 0 aliphatic rings. The van der Waals surface area contributed by atoms with E-state index in [1.165, 1.54) is 18.5 Å². The lowest BCUT2D eigenvalue weighted by Gasteiger charge is -2.20. The molecule has 2 heterocycles. The van der Waals surface area contributed by atoms with Crippen LogP contribution in [0.4, 0.5) is 0 Å². The smallest absolute Gasteiger partial charge is 0.274 e. The van der Waals surface area contributed by atoms with Crippen molar-refractivity contribution in [2.24, 2.45) is 0 Å². The zero-order valence-corrected chi connectivity index (χ0v) is 15.7. The van der Waals surface area contributed by atoms with E-state index in [2.05, 4.69) is 26.0 Å². The summed E-state index contributed by atoms with van der Waals surface area (Å²) in [6, 6.07) is 14.9. The average Bonchev–Trinajstić information content (AvgIpc) is 3.42. The number of hydrogen-bond acceptors (Lipinski definition) is 5. The molecule has 8 heteroatoms. The molecule has 0 aliphatic carbocycles. The second-order valence-electron chi connectivity index (χ2n) is 6.64. The second-order valence-corrected chi connectivity index (χ2v) is 6.64. The van der Waals surface area contributed by atoms with E-state index in [1.54, 1.807) is 6.92 Å². The highest BCUT2D eigenvalue weighted by atomic mass is 16.5. The molecule has 1 atom stereocenters. The number of aryl methyl sites for hydroxylation is 1. The number of amides is 2. The zero-order valence-electron chi connectivity index (χ0n) is 15.7. The van der Waals surface area contributed by atoms with Gasteiger partial charge >= 0.3 is 0 Å². The minimum Gasteiger partial charge on any atom is -0.364 e. The highest BCUT2D eigenvalue weighted by Crippen LogP contribution is 2.21. The van der Waals surface area contributed by atoms with Gasteiger partial charge in [0, 0.05) is 18.3 Å². The van der Waals surface area contributed by atoms with Crippen LogP contribution in [0, 0.1) is 6.92 Å². The number of rotatable bonds is 6. The van der Waals surface area contributed by atoms with Gasteiger partial charge in [-0.1, -0.05) is 41.6 Å². The van der Waals surface area contributed by atoms with Crippen LogP contribution in [0.1, 0.15) is 38.1 Å². The Hall–Kier alpha value is -3.94. The molecular formula is C21H19N5O3. The van der Waals surface area contributed by atoms with Crippen molar-refractivity contribution in [1.82, 2.24) is 26.0 Å². The summed E-state index contributed by atoms with van der Waals surface area (Å²) in [4.78, 5) is 25.0. The molecule has 0 fully saturated rings. The summed E-state index contributed by atoms with van der Waals surface area (Å²) in [5.41, 5.74) is 2.18. The Morgan fingerprint density at radius 3 is 2.66 bits per heavy atom. The van der Waals surface area contributed by atoms with Crippen molar-refractivity contribution >= 4 is 22.6 Å². The Morgan fingerprint density at radius 1 is 1.10 bits per heavy atom. The van der Waals surface area contributed by atoms with E-state index in [1.807, 2.05) is 42.5 Å². The Bertz CT molecular complexity index is 1150. The summed E-state index contributed by atoms with van der Waals surface area (Å²) < 4.78 is 4.75. The van der Waals surface area contributed by atoms with Gasteiger partial charge in [-0.3, -0.25) is 14.7 Å². The molecule has 4 aromatic rings. The standard InChI is InChI=1S/C21H19N5O3/c1-13-17(11-23-25-13)20(27)22-12-19(24-21(28)18-8-9-29-26-18)16-7-6-14-4-2-3-5-15(14)10-16/h2-11,19H,12H2,1H3,(H,22,27)(H,23,25)(H,24,28). The lowest BCUT2D eigenvalue weighted by atomic mass is 10.0. The predicted molar refractivity (Wildman–Crippen MR) is 106 cm³/mol. The maximum absolute atomic E-state index is 12.5. The molecule has 29 heavy (non-hydrogen) atoms. The number of hydrogen-bond donors (Lipinski definition) is 3. The molecule has 0 saturated carbocycles. The number of nitrogens with zero attached hydrogens (tertiary/aromatic N) is 2. The van der Waals surface area contributed by atoms with E-state index in [4.69, 9.17) is 4.52 Å². The summed E-state index contributed by atoms with van der Waals surface area (Å²) >= 11 is 0. The fraction of sp³-hybridized carbons (Fsp3) is 0.143. The van der Waals surface area contributed by atoms with Gasteiger partial charge in [0.25, 0.3) is 11.8 Å². The minimum absolute atomic E-state index is 0.174. The Balaban J connectivity index is 1.58. The molecule has 0 spiro atoms. The van der Waals surface area contributed by atoms with Crippen LogP contribution in [0.25, 0.3) is 10.8 Å². The minimum atomic E-state index is -0.458. The quantitative estimate of drug-likeness (QED) is 0.469. The van der Waals surface area contributed by atoms with Crippen molar-refractivity contribution in [1.29, 1.82) is 0 Å². The molecule has 0 bridgehead atoms. The molecule has 1 unspecified atom stereocenters. The molecule has 0 saturated heterocycles. The van der Waals surface area contributed by atoms with Gasteiger partial charge in [-0.2, -0.15) is 5.10 Å². The van der Waals surface area contributed by atoms with E-state index in [0.29, 0.717) is 11.3 Å². The largest absolute Gasteiger partial charge is 0.364 e. The van der Waals surface area contributed by atoms with E-state index in [9.17, 15) is 9.59 Å². The fourth-order valence-electron chi connectivity index (χ4n) is 3.11. The number of aromatic nitrogens is 3. The molecular weight excluding hydrogens is 370 g/mol. The first-order chi connectivity index (χ1) is 14.1. The van der Waals surface area contributed by atoms with Gasteiger partial charge in [0.2, 0.25) is 0 Å². The number of nitrogens with one attached hydrogen (secondary N) is 3. The van der Waals surface area contributed by atoms with Crippen LogP contribution >= 0.6 is 0 Å². The topological polar surface area (TPSA) is 113 Å². The van der Waals surface area contributed by atoms with Gasteiger partial charge in [-0.15, -0.1) is 0 Å². The van der Waals surface area contributed by atoms with Crippen LogP contribution in [0.5, 0.6) is 0 Å². The second kappa shape index (κ2) is 7.97. The Morgan fingerprint density at radius 2 is 1.93 bits per heavy atom. The molecule has 0 radical (unpaired) electrons. The first-order valence-corrected chi connectivity index (χ1v) is 9.10. The molecule has 2 aromatic carbocycles. The van der Waals surface area contributed by atoms with Crippen molar-refractivity contribution in [3.8, 4) is 0 Å². The van der Waals surface area contributed by atoms with Gasteiger partial charge in [0.1, 0.15) is 6.26 Å². The zero-order chi connectivity index (χ0) is 20.2. The third-order valence-corrected chi connectivity index (χ3v) is 4.69. The van der Waals surface area contributed by atoms with E-state index in [-0.39, 0.29) is 24.1 Å². The molecule has 8 nitrogen and oxygen atoms in total. The van der Waals surface area contributed by atoms with Gasteiger partial charge in [0.15, 0.2) is 5.69 Å². The lowest BCUT2D eigenvalue weighted by Crippen LogP contribution is -2.38. The Kier molecular flexibility index (Phi) is 5.07. The third-order valence-electron chi connectivity index (χ3n) is 4.69. The van der Waals surface area contributed by atoms with Crippen LogP contribution in [0.15, 0.2) is 65.5 Å². The van der Waals surface area contributed by atoms with Crippen molar-refractivity contribution in [3.05, 3.63) is 83.5 Å². The summed E-state index contributed by atoms with van der Waals surface area (Å²) in [5, 5.41) is 18.2. The first-order valence-electron chi connectivity index (χ1n) is 9.10. The predicted octanol–water partition coefficient (Wildman–Crippen LogP) is 2.76. The van der Waals surface area contributed by atoms with Crippen molar-refractivity contribution in [3.63, 3.8) is 0 Å². The van der Waals surface area contributed by atoms with Crippen LogP contribution in [-0.2, 0) is 0 Å². The van der Waals surface area contributed by atoms with Gasteiger partial charge in [0.05, 0.1) is 17.8 Å². The highest BCUT2D eigenvalue weighted by Gasteiger charge is 2.20. The SMILES string of the molecule is Cc1[nH]ncc1C(=O)NCC(NC(=O)c1ccon1)c1ccc2ccccc2c1. The third kappa shape index (κ3) is 4.01. The number of carbonyl (C=O) groups is 2.